The van der Waals surface area contributed by atoms with E-state index in [0.717, 1.165) is 33.6 Å². The Labute approximate surface area is 147 Å². The lowest BCUT2D eigenvalue weighted by Crippen LogP contribution is -2.03. The van der Waals surface area contributed by atoms with Crippen LogP contribution in [0.5, 0.6) is 5.75 Å². The molecule has 0 aromatic heterocycles. The second kappa shape index (κ2) is 7.22. The quantitative estimate of drug-likeness (QED) is 0.694. The highest BCUT2D eigenvalue weighted by Gasteiger charge is 2.12. The van der Waals surface area contributed by atoms with Crippen molar-refractivity contribution in [3.8, 4) is 16.9 Å². The van der Waals surface area contributed by atoms with Gasteiger partial charge in [-0.2, -0.15) is 0 Å². The Kier molecular flexibility index (Phi) is 4.85. The molecular weight excluding hydrogens is 312 g/mol. The minimum Gasteiger partial charge on any atom is -0.489 e. The van der Waals surface area contributed by atoms with E-state index in [2.05, 4.69) is 0 Å². The smallest absolute Gasteiger partial charge is 0.336 e. The molecule has 0 spiro atoms. The number of hydrogen-bond donors (Lipinski definition) is 1. The average Bonchev–Trinajstić information content (AvgIpc) is 2.60. The predicted molar refractivity (Wildman–Crippen MR) is 99.1 cm³/mol. The largest absolute Gasteiger partial charge is 0.489 e. The van der Waals surface area contributed by atoms with E-state index in [1.54, 1.807) is 0 Å². The summed E-state index contributed by atoms with van der Waals surface area (Å²) in [4.78, 5) is 11.3. The van der Waals surface area contributed by atoms with Gasteiger partial charge >= 0.3 is 5.97 Å². The van der Waals surface area contributed by atoms with Crippen LogP contribution < -0.4 is 4.74 Å². The first-order valence-corrected chi connectivity index (χ1v) is 8.16. The van der Waals surface area contributed by atoms with Gasteiger partial charge in [-0.15, -0.1) is 0 Å². The Morgan fingerprint density at radius 3 is 2.20 bits per heavy atom. The number of carboxylic acid groups (broad SMARTS) is 1. The van der Waals surface area contributed by atoms with Crippen LogP contribution in [0.1, 0.15) is 27.0 Å². The zero-order chi connectivity index (χ0) is 17.8. The summed E-state index contributed by atoms with van der Waals surface area (Å²) in [6.45, 7) is 4.17. The normalized spacial score (nSPS) is 10.5. The number of benzene rings is 3. The molecule has 0 atom stereocenters. The van der Waals surface area contributed by atoms with E-state index in [4.69, 9.17) is 4.74 Å². The van der Waals surface area contributed by atoms with E-state index in [0.29, 0.717) is 12.2 Å². The van der Waals surface area contributed by atoms with Gasteiger partial charge in [0.1, 0.15) is 12.4 Å². The second-order valence-electron chi connectivity index (χ2n) is 6.09. The molecule has 3 rings (SSSR count). The van der Waals surface area contributed by atoms with Gasteiger partial charge in [0.15, 0.2) is 0 Å². The van der Waals surface area contributed by atoms with Crippen LogP contribution in [0.3, 0.4) is 0 Å². The molecule has 0 bridgehead atoms. The van der Waals surface area contributed by atoms with E-state index >= 15 is 0 Å². The summed E-state index contributed by atoms with van der Waals surface area (Å²) in [6, 6.07) is 21.7. The molecule has 126 valence electrons. The summed E-state index contributed by atoms with van der Waals surface area (Å²) in [5.74, 6) is -0.0968. The number of ether oxygens (including phenoxy) is 1. The molecule has 25 heavy (non-hydrogen) atoms. The first-order valence-electron chi connectivity index (χ1n) is 8.16. The average molecular weight is 332 g/mol. The van der Waals surface area contributed by atoms with E-state index in [1.807, 2.05) is 80.6 Å². The van der Waals surface area contributed by atoms with Gasteiger partial charge in [-0.25, -0.2) is 4.79 Å². The Morgan fingerprint density at radius 1 is 0.880 bits per heavy atom. The fourth-order valence-electron chi connectivity index (χ4n) is 2.97. The van der Waals surface area contributed by atoms with Crippen molar-refractivity contribution in [2.45, 2.75) is 20.5 Å². The van der Waals surface area contributed by atoms with Crippen molar-refractivity contribution >= 4 is 5.97 Å². The van der Waals surface area contributed by atoms with Gasteiger partial charge in [0.2, 0.25) is 0 Å². The third-order valence-electron chi connectivity index (χ3n) is 4.16. The van der Waals surface area contributed by atoms with Crippen LogP contribution in [-0.4, -0.2) is 11.1 Å². The zero-order valence-electron chi connectivity index (χ0n) is 14.3. The van der Waals surface area contributed by atoms with Gasteiger partial charge in [0.25, 0.3) is 0 Å². The fourth-order valence-corrected chi connectivity index (χ4v) is 2.97. The molecule has 0 unspecified atom stereocenters. The molecule has 0 saturated carbocycles. The Balaban J connectivity index is 1.85. The van der Waals surface area contributed by atoms with E-state index < -0.39 is 5.97 Å². The number of carboxylic acids is 1. The van der Waals surface area contributed by atoms with Gasteiger partial charge < -0.3 is 9.84 Å². The first-order chi connectivity index (χ1) is 12.0. The Morgan fingerprint density at radius 2 is 1.56 bits per heavy atom. The summed E-state index contributed by atoms with van der Waals surface area (Å²) in [7, 11) is 0. The van der Waals surface area contributed by atoms with Crippen LogP contribution in [0.15, 0.2) is 66.7 Å². The molecule has 0 fully saturated rings. The van der Waals surface area contributed by atoms with E-state index in [-0.39, 0.29) is 0 Å². The zero-order valence-corrected chi connectivity index (χ0v) is 14.3. The van der Waals surface area contributed by atoms with Crippen LogP contribution in [-0.2, 0) is 6.61 Å². The maximum Gasteiger partial charge on any atom is 0.336 e. The van der Waals surface area contributed by atoms with Crippen molar-refractivity contribution in [2.75, 3.05) is 0 Å². The molecule has 0 aliphatic heterocycles. The van der Waals surface area contributed by atoms with E-state index in [9.17, 15) is 9.90 Å². The highest BCUT2D eigenvalue weighted by atomic mass is 16.5. The second-order valence-corrected chi connectivity index (χ2v) is 6.09. The van der Waals surface area contributed by atoms with E-state index in [1.165, 1.54) is 0 Å². The van der Waals surface area contributed by atoms with Gasteiger partial charge in [-0.05, 0) is 53.8 Å². The van der Waals surface area contributed by atoms with Gasteiger partial charge in [0.05, 0.1) is 5.56 Å². The number of rotatable bonds is 5. The SMILES string of the molecule is Cc1cc(-c2cccc(OCc3ccccc3)c2)cc(C)c1C(=O)O. The molecule has 3 aromatic rings. The van der Waals surface area contributed by atoms with Crippen LogP contribution >= 0.6 is 0 Å². The van der Waals surface area contributed by atoms with Crippen molar-refractivity contribution in [1.29, 1.82) is 0 Å². The molecule has 1 N–H and O–H groups in total. The van der Waals surface area contributed by atoms with Crippen molar-refractivity contribution < 1.29 is 14.6 Å². The summed E-state index contributed by atoms with van der Waals surface area (Å²) in [5, 5.41) is 9.31. The number of hydrogen-bond acceptors (Lipinski definition) is 2. The molecule has 0 heterocycles. The van der Waals surface area contributed by atoms with Crippen LogP contribution in [0, 0.1) is 13.8 Å². The fraction of sp³-hybridized carbons (Fsp3) is 0.136. The molecule has 3 heteroatoms. The summed E-state index contributed by atoms with van der Waals surface area (Å²) < 4.78 is 5.88. The number of aromatic carboxylic acids is 1. The van der Waals surface area contributed by atoms with Crippen LogP contribution in [0.2, 0.25) is 0 Å². The Hall–Kier alpha value is -3.07. The molecule has 3 nitrogen and oxygen atoms in total. The minimum absolute atomic E-state index is 0.375. The monoisotopic (exact) mass is 332 g/mol. The predicted octanol–water partition coefficient (Wildman–Crippen LogP) is 5.25. The summed E-state index contributed by atoms with van der Waals surface area (Å²) >= 11 is 0. The molecule has 0 aliphatic carbocycles. The highest BCUT2D eigenvalue weighted by molar-refractivity contribution is 5.92. The Bertz CT molecular complexity index is 875. The highest BCUT2D eigenvalue weighted by Crippen LogP contribution is 2.28. The maximum absolute atomic E-state index is 11.3. The molecule has 0 aliphatic rings. The van der Waals surface area contributed by atoms with Gasteiger partial charge in [-0.1, -0.05) is 54.6 Å². The third-order valence-corrected chi connectivity index (χ3v) is 4.16. The standard InChI is InChI=1S/C22H20O3/c1-15-11-19(12-16(2)21(15)22(23)24)18-9-6-10-20(13-18)25-14-17-7-4-3-5-8-17/h3-13H,14H2,1-2H3,(H,23,24). The van der Waals surface area contributed by atoms with Crippen LogP contribution in [0.25, 0.3) is 11.1 Å². The minimum atomic E-state index is -0.888. The molecule has 0 radical (unpaired) electrons. The lowest BCUT2D eigenvalue weighted by atomic mass is 9.95. The van der Waals surface area contributed by atoms with Crippen molar-refractivity contribution in [2.24, 2.45) is 0 Å². The van der Waals surface area contributed by atoms with Crippen molar-refractivity contribution in [3.05, 3.63) is 89.0 Å². The molecule has 0 amide bonds. The van der Waals surface area contributed by atoms with Gasteiger partial charge in [0, 0.05) is 0 Å². The molecule has 3 aromatic carbocycles. The number of carbonyl (C=O) groups is 1. The molecular formula is C22H20O3. The molecule has 0 saturated heterocycles. The lowest BCUT2D eigenvalue weighted by Gasteiger charge is -2.11. The summed E-state index contributed by atoms with van der Waals surface area (Å²) in [5.41, 5.74) is 5.01. The topological polar surface area (TPSA) is 46.5 Å². The van der Waals surface area contributed by atoms with Crippen molar-refractivity contribution in [3.63, 3.8) is 0 Å². The number of aryl methyl sites for hydroxylation is 2. The third kappa shape index (κ3) is 3.89. The first kappa shape index (κ1) is 16.8. The maximum atomic E-state index is 11.3. The van der Waals surface area contributed by atoms with Gasteiger partial charge in [-0.3, -0.25) is 0 Å². The summed E-state index contributed by atoms with van der Waals surface area (Å²) in [6.07, 6.45) is 0. The lowest BCUT2D eigenvalue weighted by molar-refractivity contribution is 0.0695. The van der Waals surface area contributed by atoms with Crippen molar-refractivity contribution in [1.82, 2.24) is 0 Å². The van der Waals surface area contributed by atoms with Crippen LogP contribution in [0.4, 0.5) is 0 Å².